The van der Waals surface area contributed by atoms with Gasteiger partial charge in [0, 0.05) is 18.6 Å². The Labute approximate surface area is 148 Å². The molecule has 1 aromatic rings. The minimum Gasteiger partial charge on any atom is -0.477 e. The van der Waals surface area contributed by atoms with Gasteiger partial charge in [0.1, 0.15) is 5.70 Å². The Hall–Kier alpha value is -1.99. The second kappa shape index (κ2) is 7.72. The van der Waals surface area contributed by atoms with Gasteiger partial charge in [0.2, 0.25) is 11.8 Å². The fraction of sp³-hybridized carbons (Fsp3) is 0.312. The number of nitrogens with two attached hydrogens (primary N) is 1. The maximum atomic E-state index is 12.3. The third kappa shape index (κ3) is 3.57. The number of fused-ring (bicyclic) bond motifs is 1. The van der Waals surface area contributed by atoms with Crippen molar-refractivity contribution in [2.45, 2.75) is 18.2 Å². The maximum Gasteiger partial charge on any atom is 0.352 e. The van der Waals surface area contributed by atoms with Crippen LogP contribution in [0.2, 0.25) is 0 Å². The quantitative estimate of drug-likeness (QED) is 0.625. The molecule has 2 aliphatic rings. The second-order valence-corrected chi connectivity index (χ2v) is 6.67. The van der Waals surface area contributed by atoms with Crippen molar-refractivity contribution >= 4 is 41.1 Å². The number of carbonyl (C=O) groups excluding carboxylic acids is 2. The van der Waals surface area contributed by atoms with Crippen LogP contribution in [0.15, 0.2) is 41.6 Å². The number of rotatable bonds is 3. The molecule has 0 bridgehead atoms. The molecule has 8 heteroatoms. The highest BCUT2D eigenvalue weighted by Gasteiger charge is 2.53. The second-order valence-electron chi connectivity index (χ2n) is 5.30. The van der Waals surface area contributed by atoms with Crippen LogP contribution in [0, 0.1) is 0 Å². The maximum absolute atomic E-state index is 12.3. The van der Waals surface area contributed by atoms with Crippen molar-refractivity contribution < 1.29 is 19.5 Å². The summed E-state index contributed by atoms with van der Waals surface area (Å²) in [7, 11) is 0. The highest BCUT2D eigenvalue weighted by atomic mass is 35.5. The van der Waals surface area contributed by atoms with Crippen molar-refractivity contribution in [3.05, 3.63) is 47.2 Å². The molecule has 3 N–H and O–H groups in total. The van der Waals surface area contributed by atoms with Gasteiger partial charge in [-0.05, 0) is 11.1 Å². The minimum absolute atomic E-state index is 0.0703. The topological polar surface area (TPSA) is 101 Å². The molecule has 2 amide bonds. The van der Waals surface area contributed by atoms with Crippen LogP contribution >= 0.6 is 23.4 Å². The van der Waals surface area contributed by atoms with E-state index in [-0.39, 0.29) is 34.7 Å². The van der Waals surface area contributed by atoms with E-state index in [0.29, 0.717) is 11.3 Å². The first kappa shape index (κ1) is 18.4. The summed E-state index contributed by atoms with van der Waals surface area (Å²) in [6, 6.07) is 9.48. The van der Waals surface area contributed by atoms with Crippen molar-refractivity contribution in [1.29, 1.82) is 0 Å². The first-order chi connectivity index (χ1) is 11.4. The van der Waals surface area contributed by atoms with Gasteiger partial charge < -0.3 is 10.8 Å². The van der Waals surface area contributed by atoms with Gasteiger partial charge in [-0.1, -0.05) is 30.3 Å². The summed E-state index contributed by atoms with van der Waals surface area (Å²) in [6.45, 7) is 1.31. The van der Waals surface area contributed by atoms with Crippen molar-refractivity contribution in [3.63, 3.8) is 0 Å². The number of thioether (sulfide) groups is 1. The van der Waals surface area contributed by atoms with E-state index in [4.69, 9.17) is 11.6 Å². The Kier molecular flexibility index (Phi) is 5.90. The van der Waals surface area contributed by atoms with Crippen LogP contribution in [0.25, 0.3) is 0 Å². The van der Waals surface area contributed by atoms with Gasteiger partial charge in [0.05, 0.1) is 11.3 Å². The average molecular weight is 369 g/mol. The molecule has 6 nitrogen and oxygen atoms in total. The van der Waals surface area contributed by atoms with E-state index in [0.717, 1.165) is 5.56 Å². The van der Waals surface area contributed by atoms with E-state index in [2.05, 4.69) is 5.73 Å². The lowest BCUT2D eigenvalue weighted by Gasteiger charge is -2.49. The number of halogens is 1. The Balaban J connectivity index is 0.000000471. The van der Waals surface area contributed by atoms with Crippen LogP contribution in [0.4, 0.5) is 0 Å². The zero-order valence-corrected chi connectivity index (χ0v) is 14.5. The Morgan fingerprint density at radius 1 is 1.38 bits per heavy atom. The lowest BCUT2D eigenvalue weighted by atomic mass is 9.88. The molecule has 1 fully saturated rings. The standard InChI is InChI=1S/C14H12ClNO3S.C2H5NO/c15-6-9-7-20-13-10(8-4-2-1-3-5-8)12(17)16(13)11(9)14(18)19;1-2(3)4/h1-5,10,13H,6-7H2,(H,18,19);1H3,(H2,3,4)/t10?,13-;/m0./s1. The largest absolute Gasteiger partial charge is 0.477 e. The smallest absolute Gasteiger partial charge is 0.352 e. The molecule has 1 aromatic carbocycles. The molecule has 1 saturated heterocycles. The van der Waals surface area contributed by atoms with Gasteiger partial charge in [-0.3, -0.25) is 14.5 Å². The van der Waals surface area contributed by atoms with Crippen molar-refractivity contribution in [2.24, 2.45) is 5.73 Å². The molecule has 2 aliphatic heterocycles. The number of carboxylic acid groups (broad SMARTS) is 1. The van der Waals surface area contributed by atoms with Crippen LogP contribution in [-0.2, 0) is 14.4 Å². The fourth-order valence-corrected chi connectivity index (χ4v) is 4.39. The minimum atomic E-state index is -1.08. The molecule has 0 radical (unpaired) electrons. The Bertz CT molecular complexity index is 689. The first-order valence-corrected chi connectivity index (χ1v) is 8.73. The molecule has 0 spiro atoms. The molecule has 0 aromatic heterocycles. The SMILES string of the molecule is CC(N)=O.O=C(O)C1=C(CCl)CS[C@H]2C(c3ccccc3)C(=O)N12. The van der Waals surface area contributed by atoms with Crippen LogP contribution in [0.3, 0.4) is 0 Å². The van der Waals surface area contributed by atoms with Crippen molar-refractivity contribution in [3.8, 4) is 0 Å². The number of carboxylic acids is 1. The summed E-state index contributed by atoms with van der Waals surface area (Å²) >= 11 is 7.36. The highest BCUT2D eigenvalue weighted by Crippen LogP contribution is 2.48. The number of β-lactam (4-membered cyclic amide) rings is 1. The van der Waals surface area contributed by atoms with Gasteiger partial charge in [-0.25, -0.2) is 4.79 Å². The number of nitrogens with zero attached hydrogens (tertiary/aromatic N) is 1. The zero-order valence-electron chi connectivity index (χ0n) is 12.9. The predicted octanol–water partition coefficient (Wildman–Crippen LogP) is 1.75. The number of hydrogen-bond acceptors (Lipinski definition) is 4. The Morgan fingerprint density at radius 2 is 1.96 bits per heavy atom. The van der Waals surface area contributed by atoms with E-state index in [1.807, 2.05) is 30.3 Å². The summed E-state index contributed by atoms with van der Waals surface area (Å²) in [5.74, 6) is -1.13. The van der Waals surface area contributed by atoms with Gasteiger partial charge in [-0.2, -0.15) is 0 Å². The molecular formula is C16H17ClN2O4S. The highest BCUT2D eigenvalue weighted by molar-refractivity contribution is 8.00. The predicted molar refractivity (Wildman–Crippen MR) is 92.5 cm³/mol. The summed E-state index contributed by atoms with van der Waals surface area (Å²) in [5, 5.41) is 9.18. The third-order valence-electron chi connectivity index (χ3n) is 3.57. The van der Waals surface area contributed by atoms with Gasteiger partial charge >= 0.3 is 5.97 Å². The molecule has 128 valence electrons. The van der Waals surface area contributed by atoms with Crippen molar-refractivity contribution in [2.75, 3.05) is 11.6 Å². The number of aliphatic carboxylic acids is 1. The fourth-order valence-electron chi connectivity index (χ4n) is 2.62. The summed E-state index contributed by atoms with van der Waals surface area (Å²) in [6.07, 6.45) is 0. The average Bonchev–Trinajstić information content (AvgIpc) is 2.53. The number of benzene rings is 1. The molecule has 0 saturated carbocycles. The van der Waals surface area contributed by atoms with Crippen LogP contribution < -0.4 is 5.73 Å². The van der Waals surface area contributed by atoms with Crippen molar-refractivity contribution in [1.82, 2.24) is 4.90 Å². The molecule has 1 unspecified atom stereocenters. The van der Waals surface area contributed by atoms with E-state index in [1.165, 1.54) is 11.8 Å². The third-order valence-corrected chi connectivity index (χ3v) is 5.23. The van der Waals surface area contributed by atoms with Crippen LogP contribution in [0.1, 0.15) is 18.4 Å². The van der Waals surface area contributed by atoms with E-state index < -0.39 is 5.97 Å². The van der Waals surface area contributed by atoms with E-state index in [9.17, 15) is 19.5 Å². The molecule has 24 heavy (non-hydrogen) atoms. The Morgan fingerprint density at radius 3 is 2.46 bits per heavy atom. The first-order valence-electron chi connectivity index (χ1n) is 7.15. The lowest BCUT2D eigenvalue weighted by Crippen LogP contribution is -2.60. The van der Waals surface area contributed by atoms with Gasteiger partial charge in [0.15, 0.2) is 0 Å². The number of primary amides is 1. The molecule has 0 aliphatic carbocycles. The van der Waals surface area contributed by atoms with Crippen LogP contribution in [-0.4, -0.2) is 44.8 Å². The summed E-state index contributed by atoms with van der Waals surface area (Å²) < 4.78 is 0. The van der Waals surface area contributed by atoms with Crippen LogP contribution in [0.5, 0.6) is 0 Å². The van der Waals surface area contributed by atoms with E-state index in [1.54, 1.807) is 11.8 Å². The van der Waals surface area contributed by atoms with Gasteiger partial charge in [0.25, 0.3) is 0 Å². The zero-order chi connectivity index (χ0) is 17.9. The van der Waals surface area contributed by atoms with Gasteiger partial charge in [-0.15, -0.1) is 23.4 Å². The molecular weight excluding hydrogens is 352 g/mol. The number of amides is 2. The molecule has 2 atom stereocenters. The lowest BCUT2D eigenvalue weighted by molar-refractivity contribution is -0.148. The van der Waals surface area contributed by atoms with E-state index >= 15 is 0 Å². The molecule has 2 heterocycles. The molecule has 3 rings (SSSR count). The summed E-state index contributed by atoms with van der Waals surface area (Å²) in [4.78, 5) is 34.3. The summed E-state index contributed by atoms with van der Waals surface area (Å²) in [5.41, 5.74) is 6.09. The number of hydrogen-bond donors (Lipinski definition) is 2. The number of alkyl halides is 1. The monoisotopic (exact) mass is 368 g/mol. The normalized spacial score (nSPS) is 22.1. The number of carbonyl (C=O) groups is 3.